The predicted molar refractivity (Wildman–Crippen MR) is 129 cm³/mol. The second-order valence-electron chi connectivity index (χ2n) is 8.82. The van der Waals surface area contributed by atoms with Crippen molar-refractivity contribution >= 4 is 39.4 Å². The Kier molecular flexibility index (Phi) is 7.73. The molecular formula is C22H29ClFN5O3S. The van der Waals surface area contributed by atoms with Crippen LogP contribution in [-0.4, -0.2) is 51.6 Å². The molecule has 8 nitrogen and oxygen atoms in total. The van der Waals surface area contributed by atoms with Crippen LogP contribution < -0.4 is 5.73 Å². The van der Waals surface area contributed by atoms with Crippen molar-refractivity contribution in [2.45, 2.75) is 58.3 Å². The van der Waals surface area contributed by atoms with Gasteiger partial charge in [0.2, 0.25) is 5.95 Å². The van der Waals surface area contributed by atoms with Gasteiger partial charge in [-0.3, -0.25) is 4.21 Å². The zero-order valence-corrected chi connectivity index (χ0v) is 20.6. The van der Waals surface area contributed by atoms with E-state index in [0.717, 1.165) is 18.6 Å². The first-order valence-electron chi connectivity index (χ1n) is 10.6. The summed E-state index contributed by atoms with van der Waals surface area (Å²) >= 11 is 6.15. The summed E-state index contributed by atoms with van der Waals surface area (Å²) in [6.45, 7) is 7.12. The molecule has 2 unspecified atom stereocenters. The summed E-state index contributed by atoms with van der Waals surface area (Å²) in [4.78, 5) is 12.3. The Labute approximate surface area is 199 Å². The Morgan fingerprint density at radius 3 is 2.58 bits per heavy atom. The number of imidazole rings is 1. The molecule has 0 radical (unpaired) electrons. The van der Waals surface area contributed by atoms with E-state index >= 15 is 0 Å². The molecule has 1 aliphatic rings. The van der Waals surface area contributed by atoms with E-state index in [0.29, 0.717) is 28.4 Å². The number of rotatable bonds is 3. The van der Waals surface area contributed by atoms with Crippen LogP contribution in [0.3, 0.4) is 0 Å². The van der Waals surface area contributed by atoms with Gasteiger partial charge < -0.3 is 20.5 Å². The van der Waals surface area contributed by atoms with Crippen LogP contribution in [0.4, 0.5) is 10.3 Å². The number of hydrogen-bond acceptors (Lipinski definition) is 7. The Hall–Kier alpha value is -2.14. The highest BCUT2D eigenvalue weighted by atomic mass is 35.5. The molecule has 11 heteroatoms. The van der Waals surface area contributed by atoms with E-state index in [4.69, 9.17) is 22.4 Å². The van der Waals surface area contributed by atoms with Crippen molar-refractivity contribution in [2.24, 2.45) is 0 Å². The van der Waals surface area contributed by atoms with Crippen LogP contribution in [0.5, 0.6) is 0 Å². The van der Waals surface area contributed by atoms with E-state index in [1.165, 1.54) is 12.3 Å². The molecule has 3 heterocycles. The number of nitrogens with zero attached hydrogens (tertiary/aromatic N) is 4. The van der Waals surface area contributed by atoms with Crippen molar-refractivity contribution < 1.29 is 18.8 Å². The maximum atomic E-state index is 14.7. The Morgan fingerprint density at radius 1 is 1.33 bits per heavy atom. The van der Waals surface area contributed by atoms with Crippen molar-refractivity contribution in [3.8, 4) is 11.3 Å². The topological polar surface area (TPSA) is 127 Å². The lowest BCUT2D eigenvalue weighted by molar-refractivity contribution is 0.0641. The van der Waals surface area contributed by atoms with Crippen LogP contribution in [0.1, 0.15) is 52.4 Å². The van der Waals surface area contributed by atoms with Gasteiger partial charge in [-0.05, 0) is 52.7 Å². The highest BCUT2D eigenvalue weighted by Crippen LogP contribution is 2.34. The number of benzene rings is 1. The quantitative estimate of drug-likeness (QED) is 0.504. The molecule has 0 aliphatic carbocycles. The van der Waals surface area contributed by atoms with Crippen LogP contribution in [-0.2, 0) is 16.4 Å². The molecule has 2 atom stereocenters. The van der Waals surface area contributed by atoms with Crippen molar-refractivity contribution in [3.05, 3.63) is 35.0 Å². The Balaban J connectivity index is 0.000000323. The first-order valence-corrected chi connectivity index (χ1v) is 12.5. The number of aliphatic hydroxyl groups excluding tert-OH is 1. The highest BCUT2D eigenvalue weighted by molar-refractivity contribution is 7.85. The van der Waals surface area contributed by atoms with E-state index in [9.17, 15) is 13.7 Å². The van der Waals surface area contributed by atoms with Gasteiger partial charge in [0.1, 0.15) is 16.9 Å². The predicted octanol–water partition coefficient (Wildman–Crippen LogP) is 3.57. The van der Waals surface area contributed by atoms with Crippen molar-refractivity contribution in [2.75, 3.05) is 17.2 Å². The number of anilines is 1. The van der Waals surface area contributed by atoms with E-state index < -0.39 is 22.2 Å². The lowest BCUT2D eigenvalue weighted by atomic mass is 10.1. The standard InChI is InChI=1S/C17H19ClFN5O.C5H10O2S/c1-8(2)24-12-6-9(13-10(18)7-21-16(20)23-13)5-11(19)14(12)22-15(24)17(3,4)25;6-5-2-1-3-8(7)4-5/h5-8,25H,1-4H3,(H2,20,21,23);5-6H,1-4H2. The van der Waals surface area contributed by atoms with Crippen molar-refractivity contribution in [3.63, 3.8) is 0 Å². The second-order valence-corrected chi connectivity index (χ2v) is 10.8. The van der Waals surface area contributed by atoms with Crippen molar-refractivity contribution in [1.82, 2.24) is 19.5 Å². The minimum atomic E-state index is -1.22. The molecule has 0 spiro atoms. The number of halogens is 2. The molecule has 0 bridgehead atoms. The number of nitrogens with two attached hydrogens (primary N) is 1. The number of aromatic nitrogens is 4. The SMILES string of the molecule is CC(C)n1c(C(C)(C)O)nc2c(F)cc(-c3nc(N)ncc3Cl)cc21.O=S1CCCC(O)C1. The molecule has 33 heavy (non-hydrogen) atoms. The molecule has 0 saturated carbocycles. The summed E-state index contributed by atoms with van der Waals surface area (Å²) < 4.78 is 27.2. The smallest absolute Gasteiger partial charge is 0.220 e. The Bertz CT molecular complexity index is 1180. The van der Waals surface area contributed by atoms with E-state index in [2.05, 4.69) is 15.0 Å². The fraction of sp³-hybridized carbons (Fsp3) is 0.500. The summed E-state index contributed by atoms with van der Waals surface area (Å²) in [7, 11) is -0.720. The summed E-state index contributed by atoms with van der Waals surface area (Å²) in [6, 6.07) is 3.02. The van der Waals surface area contributed by atoms with Gasteiger partial charge >= 0.3 is 0 Å². The van der Waals surface area contributed by atoms with Crippen LogP contribution in [0.2, 0.25) is 5.02 Å². The summed E-state index contributed by atoms with van der Waals surface area (Å²) in [5, 5.41) is 19.6. The first kappa shape index (κ1) is 25.5. The van der Waals surface area contributed by atoms with Gasteiger partial charge in [0.05, 0.1) is 28.5 Å². The van der Waals surface area contributed by atoms with Crippen LogP contribution in [0, 0.1) is 5.82 Å². The number of nitrogen functional groups attached to an aromatic ring is 1. The molecule has 1 aliphatic heterocycles. The Morgan fingerprint density at radius 2 is 2.03 bits per heavy atom. The van der Waals surface area contributed by atoms with Gasteiger partial charge in [0, 0.05) is 33.9 Å². The fourth-order valence-corrected chi connectivity index (χ4v) is 5.14. The number of fused-ring (bicyclic) bond motifs is 1. The molecule has 4 rings (SSSR count). The third kappa shape index (κ3) is 5.87. The van der Waals surface area contributed by atoms with Crippen LogP contribution in [0.15, 0.2) is 18.3 Å². The molecular weight excluding hydrogens is 469 g/mol. The largest absolute Gasteiger partial charge is 0.392 e. The van der Waals surface area contributed by atoms with E-state index in [1.807, 2.05) is 13.8 Å². The van der Waals surface area contributed by atoms with Crippen LogP contribution in [0.25, 0.3) is 22.3 Å². The third-order valence-corrected chi connectivity index (χ3v) is 6.91. The van der Waals surface area contributed by atoms with Gasteiger partial charge in [0.15, 0.2) is 5.82 Å². The lowest BCUT2D eigenvalue weighted by Crippen LogP contribution is -2.24. The summed E-state index contributed by atoms with van der Waals surface area (Å²) in [5.41, 5.74) is 5.96. The van der Waals surface area contributed by atoms with Gasteiger partial charge in [0.25, 0.3) is 0 Å². The number of hydrogen-bond donors (Lipinski definition) is 3. The van der Waals surface area contributed by atoms with Gasteiger partial charge in [-0.2, -0.15) is 0 Å². The molecule has 1 fully saturated rings. The number of aliphatic hydroxyl groups is 2. The maximum absolute atomic E-state index is 14.7. The fourth-order valence-electron chi connectivity index (χ4n) is 3.69. The second kappa shape index (κ2) is 10.0. The zero-order valence-electron chi connectivity index (χ0n) is 19.0. The van der Waals surface area contributed by atoms with E-state index in [1.54, 1.807) is 24.5 Å². The van der Waals surface area contributed by atoms with Crippen LogP contribution >= 0.6 is 11.6 Å². The minimum absolute atomic E-state index is 0.0352. The molecule has 1 aromatic carbocycles. The molecule has 2 aromatic heterocycles. The van der Waals surface area contributed by atoms with Gasteiger partial charge in [-0.25, -0.2) is 19.3 Å². The monoisotopic (exact) mass is 497 g/mol. The lowest BCUT2D eigenvalue weighted by Gasteiger charge is -2.21. The van der Waals surface area contributed by atoms with E-state index in [-0.39, 0.29) is 28.6 Å². The average Bonchev–Trinajstić information content (AvgIpc) is 3.11. The molecule has 4 N–H and O–H groups in total. The minimum Gasteiger partial charge on any atom is -0.392 e. The summed E-state index contributed by atoms with van der Waals surface area (Å²) in [5.74, 6) is 1.21. The zero-order chi connectivity index (χ0) is 24.5. The first-order chi connectivity index (χ1) is 15.4. The van der Waals surface area contributed by atoms with Gasteiger partial charge in [-0.1, -0.05) is 11.6 Å². The van der Waals surface area contributed by atoms with Gasteiger partial charge in [-0.15, -0.1) is 0 Å². The molecule has 1 saturated heterocycles. The normalized spacial score (nSPS) is 18.9. The molecule has 180 valence electrons. The molecule has 3 aromatic rings. The third-order valence-electron chi connectivity index (χ3n) is 5.14. The summed E-state index contributed by atoms with van der Waals surface area (Å²) in [6.07, 6.45) is 2.85. The maximum Gasteiger partial charge on any atom is 0.220 e. The molecule has 0 amide bonds. The highest BCUT2D eigenvalue weighted by Gasteiger charge is 2.28. The average molecular weight is 498 g/mol. The van der Waals surface area contributed by atoms with Crippen molar-refractivity contribution in [1.29, 1.82) is 0 Å².